The van der Waals surface area contributed by atoms with Crippen molar-refractivity contribution in [2.75, 3.05) is 0 Å². The zero-order chi connectivity index (χ0) is 9.00. The molecular formula is C11H9BrO. The van der Waals surface area contributed by atoms with Gasteiger partial charge in [-0.1, -0.05) is 28.1 Å². The molecular weight excluding hydrogens is 228 g/mol. The number of benzene rings is 1. The molecule has 2 bridgehead atoms. The van der Waals surface area contributed by atoms with Crippen molar-refractivity contribution in [1.29, 1.82) is 0 Å². The zero-order valence-corrected chi connectivity index (χ0v) is 8.67. The fourth-order valence-corrected chi connectivity index (χ4v) is 3.14. The van der Waals surface area contributed by atoms with Gasteiger partial charge in [-0.15, -0.1) is 0 Å². The highest BCUT2D eigenvalue weighted by atomic mass is 79.9. The number of Topliss-reactive ketones (excluding diaryl/α,β-unsaturated/α-hetero) is 1. The molecule has 1 aromatic carbocycles. The normalized spacial score (nSPS) is 29.5. The molecule has 0 N–H and O–H groups in total. The van der Waals surface area contributed by atoms with Crippen molar-refractivity contribution in [2.24, 2.45) is 5.92 Å². The molecule has 0 aliphatic heterocycles. The second-order valence-electron chi connectivity index (χ2n) is 3.93. The molecule has 0 spiro atoms. The Kier molecular flexibility index (Phi) is 1.46. The molecule has 0 amide bonds. The van der Waals surface area contributed by atoms with E-state index in [-0.39, 0.29) is 0 Å². The summed E-state index contributed by atoms with van der Waals surface area (Å²) < 4.78 is 1.11. The van der Waals surface area contributed by atoms with Gasteiger partial charge in [0.05, 0.1) is 0 Å². The number of halogens is 1. The van der Waals surface area contributed by atoms with E-state index in [1.54, 1.807) is 0 Å². The Morgan fingerprint density at radius 1 is 1.23 bits per heavy atom. The van der Waals surface area contributed by atoms with Gasteiger partial charge in [0.1, 0.15) is 0 Å². The number of ketones is 1. The van der Waals surface area contributed by atoms with E-state index < -0.39 is 0 Å². The predicted molar refractivity (Wildman–Crippen MR) is 53.9 cm³/mol. The van der Waals surface area contributed by atoms with E-state index in [4.69, 9.17) is 0 Å². The first-order valence-corrected chi connectivity index (χ1v) is 5.39. The first-order chi connectivity index (χ1) is 6.27. The average Bonchev–Trinajstić information content (AvgIpc) is 2.04. The molecule has 0 unspecified atom stereocenters. The van der Waals surface area contributed by atoms with E-state index in [1.165, 1.54) is 5.56 Å². The van der Waals surface area contributed by atoms with Crippen LogP contribution in [0.3, 0.4) is 0 Å². The van der Waals surface area contributed by atoms with Crippen LogP contribution in [0.2, 0.25) is 0 Å². The van der Waals surface area contributed by atoms with Gasteiger partial charge >= 0.3 is 0 Å². The van der Waals surface area contributed by atoms with Crippen LogP contribution in [0.4, 0.5) is 0 Å². The summed E-state index contributed by atoms with van der Waals surface area (Å²) in [5.74, 6) is 1.35. The minimum Gasteiger partial charge on any atom is -0.294 e. The summed E-state index contributed by atoms with van der Waals surface area (Å²) in [6, 6.07) is 5.94. The molecule has 0 heterocycles. The van der Waals surface area contributed by atoms with Crippen LogP contribution in [0, 0.1) is 5.92 Å². The molecule has 2 heteroatoms. The molecule has 3 aliphatic carbocycles. The highest BCUT2D eigenvalue weighted by Crippen LogP contribution is 2.51. The van der Waals surface area contributed by atoms with Gasteiger partial charge in [0.2, 0.25) is 0 Å². The lowest BCUT2D eigenvalue weighted by Crippen LogP contribution is -2.36. The molecule has 1 aromatic rings. The Morgan fingerprint density at radius 3 is 2.69 bits per heavy atom. The molecule has 0 radical (unpaired) electrons. The number of hydrogen-bond acceptors (Lipinski definition) is 1. The lowest BCUT2D eigenvalue weighted by molar-refractivity contribution is 0.0792. The minimum absolute atomic E-state index is 0.340. The van der Waals surface area contributed by atoms with E-state index in [2.05, 4.69) is 15.9 Å². The summed E-state index contributed by atoms with van der Waals surface area (Å²) in [7, 11) is 0. The molecule has 0 saturated heterocycles. The Labute approximate surface area is 85.3 Å². The van der Waals surface area contributed by atoms with Gasteiger partial charge in [-0.2, -0.15) is 0 Å². The zero-order valence-electron chi connectivity index (χ0n) is 7.09. The van der Waals surface area contributed by atoms with Gasteiger partial charge in [-0.3, -0.25) is 4.79 Å². The highest BCUT2D eigenvalue weighted by molar-refractivity contribution is 9.10. The lowest BCUT2D eigenvalue weighted by Gasteiger charge is -2.41. The van der Waals surface area contributed by atoms with Crippen molar-refractivity contribution >= 4 is 21.7 Å². The number of hydrogen-bond donors (Lipinski definition) is 0. The predicted octanol–water partition coefficient (Wildman–Crippen LogP) is 3.14. The smallest absolute Gasteiger partial charge is 0.166 e. The summed E-state index contributed by atoms with van der Waals surface area (Å²) in [5.41, 5.74) is 2.22. The fraction of sp³-hybridized carbons (Fsp3) is 0.364. The maximum absolute atomic E-state index is 11.8. The fourth-order valence-electron chi connectivity index (χ4n) is 2.45. The Morgan fingerprint density at radius 2 is 2.00 bits per heavy atom. The maximum atomic E-state index is 11.8. The largest absolute Gasteiger partial charge is 0.294 e. The van der Waals surface area contributed by atoms with Crippen LogP contribution in [0.1, 0.15) is 34.7 Å². The Bertz CT molecular complexity index is 391. The van der Waals surface area contributed by atoms with Crippen molar-refractivity contribution in [2.45, 2.75) is 18.8 Å². The van der Waals surface area contributed by atoms with E-state index in [0.717, 1.165) is 22.9 Å². The van der Waals surface area contributed by atoms with Crippen LogP contribution >= 0.6 is 15.9 Å². The summed E-state index contributed by atoms with van der Waals surface area (Å²) in [4.78, 5) is 11.8. The van der Waals surface area contributed by atoms with Crippen molar-refractivity contribution in [1.82, 2.24) is 0 Å². The topological polar surface area (TPSA) is 17.1 Å². The lowest BCUT2D eigenvalue weighted by atomic mass is 9.62. The molecule has 1 saturated carbocycles. The van der Waals surface area contributed by atoms with Crippen molar-refractivity contribution < 1.29 is 4.79 Å². The number of rotatable bonds is 0. The summed E-state index contributed by atoms with van der Waals surface area (Å²) >= 11 is 3.52. The van der Waals surface area contributed by atoms with E-state index in [9.17, 15) is 4.79 Å². The van der Waals surface area contributed by atoms with Crippen LogP contribution in [0.15, 0.2) is 22.7 Å². The van der Waals surface area contributed by atoms with Gasteiger partial charge in [-0.05, 0) is 30.4 Å². The molecule has 4 rings (SSSR count). The van der Waals surface area contributed by atoms with Gasteiger partial charge in [0, 0.05) is 16.0 Å². The third-order valence-corrected chi connectivity index (χ3v) is 3.93. The Hall–Kier alpha value is -0.630. The first-order valence-electron chi connectivity index (χ1n) is 4.60. The number of carbonyl (C=O) groups excluding carboxylic acids is 1. The summed E-state index contributed by atoms with van der Waals surface area (Å²) in [6.45, 7) is 0. The van der Waals surface area contributed by atoms with Crippen molar-refractivity contribution in [3.63, 3.8) is 0 Å². The Balaban J connectivity index is 2.28. The number of carbonyl (C=O) groups is 1. The SMILES string of the molecule is O=C1c2cccc(Br)c2C2CC1C2. The average molecular weight is 237 g/mol. The molecule has 66 valence electrons. The molecule has 1 fully saturated rings. The van der Waals surface area contributed by atoms with Crippen molar-refractivity contribution in [3.05, 3.63) is 33.8 Å². The van der Waals surface area contributed by atoms with Crippen LogP contribution in [-0.4, -0.2) is 5.78 Å². The second kappa shape index (κ2) is 2.44. The van der Waals surface area contributed by atoms with Crippen LogP contribution in [0.5, 0.6) is 0 Å². The van der Waals surface area contributed by atoms with E-state index in [0.29, 0.717) is 17.6 Å². The monoisotopic (exact) mass is 236 g/mol. The molecule has 1 nitrogen and oxygen atoms in total. The third kappa shape index (κ3) is 0.896. The highest BCUT2D eigenvalue weighted by Gasteiger charge is 2.43. The quantitative estimate of drug-likeness (QED) is 0.677. The molecule has 0 atom stereocenters. The summed E-state index contributed by atoms with van der Waals surface area (Å²) in [6.07, 6.45) is 2.16. The van der Waals surface area contributed by atoms with Gasteiger partial charge in [0.25, 0.3) is 0 Å². The van der Waals surface area contributed by atoms with Crippen LogP contribution in [-0.2, 0) is 0 Å². The molecule has 3 aliphatic rings. The third-order valence-electron chi connectivity index (χ3n) is 3.24. The summed E-state index contributed by atoms with van der Waals surface area (Å²) in [5, 5.41) is 0. The van der Waals surface area contributed by atoms with Gasteiger partial charge in [-0.25, -0.2) is 0 Å². The molecule has 13 heavy (non-hydrogen) atoms. The van der Waals surface area contributed by atoms with E-state index in [1.807, 2.05) is 18.2 Å². The van der Waals surface area contributed by atoms with Gasteiger partial charge in [0.15, 0.2) is 5.78 Å². The van der Waals surface area contributed by atoms with Crippen LogP contribution in [0.25, 0.3) is 0 Å². The van der Waals surface area contributed by atoms with Gasteiger partial charge < -0.3 is 0 Å². The van der Waals surface area contributed by atoms with Crippen molar-refractivity contribution in [3.8, 4) is 0 Å². The second-order valence-corrected chi connectivity index (χ2v) is 4.78. The van der Waals surface area contributed by atoms with Crippen LogP contribution < -0.4 is 0 Å². The maximum Gasteiger partial charge on any atom is 0.166 e. The first kappa shape index (κ1) is 7.74. The molecule has 0 aromatic heterocycles. The van der Waals surface area contributed by atoms with E-state index >= 15 is 0 Å². The standard InChI is InChI=1S/C11H9BrO/c12-9-3-1-2-8-10(9)6-4-7(5-6)11(8)13/h1-3,6-7H,4-5H2. The minimum atomic E-state index is 0.340.